The molecule has 0 radical (unpaired) electrons. The van der Waals surface area contributed by atoms with E-state index in [0.717, 1.165) is 6.07 Å². The smallest absolute Gasteiger partial charge is 0.315 e. The number of halogens is 3. The maximum absolute atomic E-state index is 12.0. The monoisotopic (exact) mass is 308 g/mol. The highest BCUT2D eigenvalue weighted by Crippen LogP contribution is 2.30. The predicted molar refractivity (Wildman–Crippen MR) is 60.2 cm³/mol. The van der Waals surface area contributed by atoms with E-state index in [1.165, 1.54) is 13.0 Å². The van der Waals surface area contributed by atoms with Gasteiger partial charge in [-0.05, 0) is 28.9 Å². The van der Waals surface area contributed by atoms with E-state index in [4.69, 9.17) is 0 Å². The quantitative estimate of drug-likeness (QED) is 0.689. The molecule has 0 aliphatic carbocycles. The van der Waals surface area contributed by atoms with Gasteiger partial charge in [0.25, 0.3) is 11.6 Å². The number of hydrogen-bond acceptors (Lipinski definition) is 3. The molecule has 0 unspecified atom stereocenters. The Hall–Kier alpha value is -1.57. The maximum atomic E-state index is 12.0. The highest BCUT2D eigenvalue weighted by Gasteiger charge is 2.19. The largest absolute Gasteiger partial charge is 0.320 e. The minimum Gasteiger partial charge on any atom is -0.320 e. The molecule has 0 spiro atoms. The van der Waals surface area contributed by atoms with Crippen LogP contribution in [0.2, 0.25) is 0 Å². The molecule has 1 aromatic rings. The molecule has 0 atom stereocenters. The SMILES string of the molecule is Cc1cc(Br)c(NC(=O)C(F)F)cc1[N+](=O)[O-]. The molecule has 0 saturated heterocycles. The van der Waals surface area contributed by atoms with Gasteiger partial charge in [-0.2, -0.15) is 8.78 Å². The van der Waals surface area contributed by atoms with E-state index < -0.39 is 17.3 Å². The van der Waals surface area contributed by atoms with Crippen LogP contribution in [0.1, 0.15) is 5.56 Å². The maximum Gasteiger partial charge on any atom is 0.315 e. The normalized spacial score (nSPS) is 10.4. The third-order valence-electron chi connectivity index (χ3n) is 1.94. The van der Waals surface area contributed by atoms with Crippen LogP contribution in [0.3, 0.4) is 0 Å². The van der Waals surface area contributed by atoms with E-state index >= 15 is 0 Å². The molecule has 1 aromatic carbocycles. The molecule has 0 aliphatic rings. The lowest BCUT2D eigenvalue weighted by molar-refractivity contribution is -0.385. The Kier molecular flexibility index (Phi) is 4.11. The van der Waals surface area contributed by atoms with Crippen LogP contribution in [0, 0.1) is 17.0 Å². The van der Waals surface area contributed by atoms with Gasteiger partial charge in [-0.15, -0.1) is 0 Å². The van der Waals surface area contributed by atoms with Gasteiger partial charge in [0, 0.05) is 16.1 Å². The van der Waals surface area contributed by atoms with Gasteiger partial charge in [-0.1, -0.05) is 0 Å². The minimum absolute atomic E-state index is 0.0624. The second-order valence-corrected chi connectivity index (χ2v) is 4.02. The summed E-state index contributed by atoms with van der Waals surface area (Å²) in [5.74, 6) is -1.51. The number of carbonyl (C=O) groups excluding carboxylic acids is 1. The number of rotatable bonds is 3. The highest BCUT2D eigenvalue weighted by molar-refractivity contribution is 9.10. The summed E-state index contributed by atoms with van der Waals surface area (Å²) in [4.78, 5) is 20.8. The van der Waals surface area contributed by atoms with E-state index in [1.807, 2.05) is 5.32 Å². The first-order chi connectivity index (χ1) is 7.82. The summed E-state index contributed by atoms with van der Waals surface area (Å²) in [6.07, 6.45) is -3.18. The van der Waals surface area contributed by atoms with E-state index in [2.05, 4.69) is 15.9 Å². The van der Waals surface area contributed by atoms with Crippen molar-refractivity contribution < 1.29 is 18.5 Å². The molecule has 1 N–H and O–H groups in total. The van der Waals surface area contributed by atoms with Crippen molar-refractivity contribution in [2.45, 2.75) is 13.3 Å². The number of nitrogens with one attached hydrogen (secondary N) is 1. The van der Waals surface area contributed by atoms with Gasteiger partial charge >= 0.3 is 6.43 Å². The number of carbonyl (C=O) groups is 1. The average Bonchev–Trinajstić information content (AvgIpc) is 2.21. The lowest BCUT2D eigenvalue weighted by Crippen LogP contribution is -2.20. The van der Waals surface area contributed by atoms with Gasteiger partial charge in [-0.25, -0.2) is 0 Å². The zero-order valence-corrected chi connectivity index (χ0v) is 10.1. The van der Waals surface area contributed by atoms with E-state index in [-0.39, 0.29) is 11.4 Å². The van der Waals surface area contributed by atoms with Crippen molar-refractivity contribution in [3.05, 3.63) is 32.3 Å². The summed E-state index contributed by atoms with van der Waals surface area (Å²) < 4.78 is 24.3. The van der Waals surface area contributed by atoms with Gasteiger partial charge in [-0.3, -0.25) is 14.9 Å². The summed E-state index contributed by atoms with van der Waals surface area (Å²) in [6.45, 7) is 1.50. The van der Waals surface area contributed by atoms with Crippen molar-refractivity contribution in [3.63, 3.8) is 0 Å². The van der Waals surface area contributed by atoms with Crippen molar-refractivity contribution in [1.82, 2.24) is 0 Å². The Morgan fingerprint density at radius 1 is 1.53 bits per heavy atom. The van der Waals surface area contributed by atoms with E-state index in [0.29, 0.717) is 10.0 Å². The molecule has 0 aliphatic heterocycles. The van der Waals surface area contributed by atoms with Gasteiger partial charge in [0.15, 0.2) is 0 Å². The molecule has 5 nitrogen and oxygen atoms in total. The molecule has 0 fully saturated rings. The van der Waals surface area contributed by atoms with Crippen LogP contribution in [-0.2, 0) is 4.79 Å². The average molecular weight is 309 g/mol. The van der Waals surface area contributed by atoms with Gasteiger partial charge in [0.2, 0.25) is 0 Å². The highest BCUT2D eigenvalue weighted by atomic mass is 79.9. The first-order valence-electron chi connectivity index (χ1n) is 4.36. The molecule has 0 bridgehead atoms. The second kappa shape index (κ2) is 5.17. The Morgan fingerprint density at radius 3 is 2.59 bits per heavy atom. The Morgan fingerprint density at radius 2 is 2.12 bits per heavy atom. The summed E-state index contributed by atoms with van der Waals surface area (Å²) in [5, 5.41) is 12.5. The molecule has 1 amide bonds. The topological polar surface area (TPSA) is 72.2 Å². The first-order valence-corrected chi connectivity index (χ1v) is 5.15. The van der Waals surface area contributed by atoms with Crippen molar-refractivity contribution in [1.29, 1.82) is 0 Å². The minimum atomic E-state index is -3.18. The Balaban J connectivity index is 3.12. The fourth-order valence-electron chi connectivity index (χ4n) is 1.14. The van der Waals surface area contributed by atoms with Crippen LogP contribution in [0.5, 0.6) is 0 Å². The summed E-state index contributed by atoms with van der Waals surface area (Å²) in [7, 11) is 0. The number of aryl methyl sites for hydroxylation is 1. The zero-order valence-electron chi connectivity index (χ0n) is 8.54. The van der Waals surface area contributed by atoms with Crippen LogP contribution in [-0.4, -0.2) is 17.3 Å². The van der Waals surface area contributed by atoms with Crippen LogP contribution in [0.15, 0.2) is 16.6 Å². The molecule has 8 heteroatoms. The van der Waals surface area contributed by atoms with Crippen LogP contribution < -0.4 is 5.32 Å². The third-order valence-corrected chi connectivity index (χ3v) is 2.59. The second-order valence-electron chi connectivity index (χ2n) is 3.17. The molecular formula is C9H7BrF2N2O3. The van der Waals surface area contributed by atoms with E-state index in [1.54, 1.807) is 0 Å². The van der Waals surface area contributed by atoms with Crippen LogP contribution in [0.25, 0.3) is 0 Å². The molecule has 17 heavy (non-hydrogen) atoms. The molecule has 0 aromatic heterocycles. The molecular weight excluding hydrogens is 302 g/mol. The number of alkyl halides is 2. The van der Waals surface area contributed by atoms with Crippen molar-refractivity contribution in [2.75, 3.05) is 5.32 Å². The van der Waals surface area contributed by atoms with Crippen molar-refractivity contribution >= 4 is 33.2 Å². The molecule has 0 saturated carbocycles. The standard InChI is InChI=1S/C9H7BrF2N2O3/c1-4-2-5(10)6(3-7(4)14(16)17)13-9(15)8(11)12/h2-3,8H,1H3,(H,13,15). The Labute approximate surface area is 103 Å². The number of nitro benzene ring substituents is 1. The number of hydrogen-bond donors (Lipinski definition) is 1. The van der Waals surface area contributed by atoms with Gasteiger partial charge < -0.3 is 5.32 Å². The number of nitrogens with zero attached hydrogens (tertiary/aromatic N) is 1. The Bertz CT molecular complexity index is 480. The lowest BCUT2D eigenvalue weighted by atomic mass is 10.2. The van der Waals surface area contributed by atoms with Crippen molar-refractivity contribution in [2.24, 2.45) is 0 Å². The number of anilines is 1. The first kappa shape index (κ1) is 13.5. The molecule has 1 rings (SSSR count). The summed E-state index contributed by atoms with van der Waals surface area (Å²) in [5.41, 5.74) is 0.0438. The fraction of sp³-hybridized carbons (Fsp3) is 0.222. The predicted octanol–water partition coefficient (Wildman–Crippen LogP) is 2.87. The third kappa shape index (κ3) is 3.19. The van der Waals surface area contributed by atoms with Gasteiger partial charge in [0.05, 0.1) is 10.6 Å². The fourth-order valence-corrected chi connectivity index (χ4v) is 1.70. The molecule has 0 heterocycles. The summed E-state index contributed by atoms with van der Waals surface area (Å²) >= 11 is 3.03. The van der Waals surface area contributed by atoms with Gasteiger partial charge in [0.1, 0.15) is 0 Å². The molecule has 92 valence electrons. The van der Waals surface area contributed by atoms with Crippen LogP contribution >= 0.6 is 15.9 Å². The number of benzene rings is 1. The number of nitro groups is 1. The number of amides is 1. The van der Waals surface area contributed by atoms with Crippen molar-refractivity contribution in [3.8, 4) is 0 Å². The zero-order chi connectivity index (χ0) is 13.2. The van der Waals surface area contributed by atoms with Crippen LogP contribution in [0.4, 0.5) is 20.2 Å². The lowest BCUT2D eigenvalue weighted by Gasteiger charge is -2.08. The van der Waals surface area contributed by atoms with E-state index in [9.17, 15) is 23.7 Å². The summed E-state index contributed by atoms with van der Waals surface area (Å²) in [6, 6.07) is 2.40.